The van der Waals surface area contributed by atoms with Crippen molar-refractivity contribution < 1.29 is 9.47 Å². The van der Waals surface area contributed by atoms with Crippen LogP contribution in [0.3, 0.4) is 0 Å². The van der Waals surface area contributed by atoms with E-state index in [9.17, 15) is 0 Å². The van der Waals surface area contributed by atoms with Crippen molar-refractivity contribution in [3.63, 3.8) is 0 Å². The average molecular weight is 268 g/mol. The van der Waals surface area contributed by atoms with Crippen LogP contribution in [0.2, 0.25) is 0 Å². The zero-order valence-corrected chi connectivity index (χ0v) is 8.62. The van der Waals surface area contributed by atoms with Gasteiger partial charge in [0, 0.05) is 6.61 Å². The first-order valence-corrected chi connectivity index (χ1v) is 5.16. The Labute approximate surface area is 81.1 Å². The van der Waals surface area contributed by atoms with Crippen LogP contribution in [0, 0.1) is 0 Å². The molecule has 11 heavy (non-hydrogen) atoms. The maximum Gasteiger partial charge on any atom is 0.157 e. The van der Waals surface area contributed by atoms with E-state index < -0.39 is 0 Å². The Bertz CT molecular complexity index is 119. The summed E-state index contributed by atoms with van der Waals surface area (Å²) in [4.78, 5) is 0. The first kappa shape index (κ1) is 9.48. The summed E-state index contributed by atoms with van der Waals surface area (Å²) in [7, 11) is 0. The third-order valence-corrected chi connectivity index (χ3v) is 2.11. The van der Waals surface area contributed by atoms with Crippen molar-refractivity contribution in [3.8, 4) is 0 Å². The topological polar surface area (TPSA) is 18.5 Å². The summed E-state index contributed by atoms with van der Waals surface area (Å²) in [5.41, 5.74) is 0. The highest BCUT2D eigenvalue weighted by atomic mass is 127. The van der Waals surface area contributed by atoms with Crippen molar-refractivity contribution in [1.29, 1.82) is 0 Å². The normalized spacial score (nSPS) is 26.1. The van der Waals surface area contributed by atoms with Crippen molar-refractivity contribution >= 4 is 22.6 Å². The third kappa shape index (κ3) is 4.08. The Morgan fingerprint density at radius 3 is 3.09 bits per heavy atom. The molecule has 0 aromatic rings. The molecule has 1 fully saturated rings. The van der Waals surface area contributed by atoms with E-state index in [1.807, 2.05) is 10.2 Å². The molecule has 0 spiro atoms. The van der Waals surface area contributed by atoms with Crippen LogP contribution in [0.25, 0.3) is 0 Å². The van der Waals surface area contributed by atoms with Gasteiger partial charge >= 0.3 is 0 Å². The smallest absolute Gasteiger partial charge is 0.157 e. The van der Waals surface area contributed by atoms with Crippen molar-refractivity contribution in [2.45, 2.75) is 25.6 Å². The average Bonchev–Trinajstić information content (AvgIpc) is 2.07. The van der Waals surface area contributed by atoms with Gasteiger partial charge in [-0.2, -0.15) is 0 Å². The van der Waals surface area contributed by atoms with Crippen molar-refractivity contribution in [2.24, 2.45) is 0 Å². The first-order chi connectivity index (χ1) is 5.43. The number of halogens is 1. The van der Waals surface area contributed by atoms with Crippen LogP contribution >= 0.6 is 22.6 Å². The van der Waals surface area contributed by atoms with Crippen LogP contribution in [0.4, 0.5) is 0 Å². The lowest BCUT2D eigenvalue weighted by Gasteiger charge is -2.21. The molecule has 1 rings (SSSR count). The molecule has 3 heteroatoms. The van der Waals surface area contributed by atoms with Crippen LogP contribution in [-0.2, 0) is 9.47 Å². The highest BCUT2D eigenvalue weighted by molar-refractivity contribution is 14.1. The van der Waals surface area contributed by atoms with Gasteiger partial charge < -0.3 is 9.47 Å². The van der Waals surface area contributed by atoms with E-state index in [1.54, 1.807) is 0 Å². The molecule has 0 radical (unpaired) electrons. The lowest BCUT2D eigenvalue weighted by molar-refractivity contribution is -0.155. The highest BCUT2D eigenvalue weighted by Gasteiger charge is 2.12. The lowest BCUT2D eigenvalue weighted by atomic mass is 10.2. The zero-order chi connectivity index (χ0) is 7.94. The minimum atomic E-state index is 0.0522. The molecule has 64 valence electrons. The fourth-order valence-corrected chi connectivity index (χ4v) is 1.25. The van der Waals surface area contributed by atoms with Gasteiger partial charge in [-0.05, 0) is 23.3 Å². The summed E-state index contributed by atoms with van der Waals surface area (Å²) in [5.74, 6) is 0. The van der Waals surface area contributed by atoms with Gasteiger partial charge in [0.15, 0.2) is 6.29 Å². The molecule has 1 saturated heterocycles. The summed E-state index contributed by atoms with van der Waals surface area (Å²) in [5, 5.41) is 0. The number of rotatable bonds is 3. The van der Waals surface area contributed by atoms with Crippen LogP contribution in [0.15, 0.2) is 10.2 Å². The Morgan fingerprint density at radius 1 is 1.55 bits per heavy atom. The van der Waals surface area contributed by atoms with Gasteiger partial charge in [0.25, 0.3) is 0 Å². The second kappa shape index (κ2) is 5.97. The molecule has 1 aliphatic rings. The summed E-state index contributed by atoms with van der Waals surface area (Å²) in [6, 6.07) is 0. The molecule has 0 aromatic heterocycles. The van der Waals surface area contributed by atoms with Crippen molar-refractivity contribution in [3.05, 3.63) is 10.2 Å². The Hall–Kier alpha value is 0.390. The van der Waals surface area contributed by atoms with Gasteiger partial charge in [-0.3, -0.25) is 0 Å². The fourth-order valence-electron chi connectivity index (χ4n) is 1.04. The molecule has 0 aromatic carbocycles. The molecule has 1 aliphatic heterocycles. The highest BCUT2D eigenvalue weighted by Crippen LogP contribution is 2.13. The number of hydrogen-bond acceptors (Lipinski definition) is 2. The molecule has 0 bridgehead atoms. The Balaban J connectivity index is 2.04. The molecule has 2 nitrogen and oxygen atoms in total. The predicted octanol–water partition coefficient (Wildman–Crippen LogP) is 2.48. The van der Waals surface area contributed by atoms with Crippen LogP contribution in [0.1, 0.15) is 19.3 Å². The van der Waals surface area contributed by atoms with Crippen LogP contribution in [-0.4, -0.2) is 19.5 Å². The summed E-state index contributed by atoms with van der Waals surface area (Å²) in [6.45, 7) is 1.53. The number of hydrogen-bond donors (Lipinski definition) is 0. The third-order valence-electron chi connectivity index (χ3n) is 1.61. The largest absolute Gasteiger partial charge is 0.353 e. The van der Waals surface area contributed by atoms with E-state index in [1.165, 1.54) is 12.8 Å². The Kier molecular flexibility index (Phi) is 5.14. The molecular weight excluding hydrogens is 255 g/mol. The standard InChI is InChI=1S/C8H13IO2/c9-5-3-7-11-8-4-1-2-6-10-8/h3,5,8H,1-2,4,6-7H2/b5-3-. The fraction of sp³-hybridized carbons (Fsp3) is 0.750. The molecular formula is C8H13IO2. The second-order valence-corrected chi connectivity index (χ2v) is 3.21. The SMILES string of the molecule is I/C=C\COC1CCCCO1. The minimum Gasteiger partial charge on any atom is -0.353 e. The predicted molar refractivity (Wildman–Crippen MR) is 52.7 cm³/mol. The summed E-state index contributed by atoms with van der Waals surface area (Å²) in [6.07, 6.45) is 5.50. The molecule has 1 atom stereocenters. The van der Waals surface area contributed by atoms with E-state index in [4.69, 9.17) is 9.47 Å². The molecule has 0 aliphatic carbocycles. The summed E-state index contributed by atoms with van der Waals surface area (Å²) < 4.78 is 12.7. The van der Waals surface area contributed by atoms with Crippen molar-refractivity contribution in [2.75, 3.05) is 13.2 Å². The maximum atomic E-state index is 5.41. The number of ether oxygens (including phenoxy) is 2. The first-order valence-electron chi connectivity index (χ1n) is 3.92. The van der Waals surface area contributed by atoms with E-state index >= 15 is 0 Å². The molecule has 1 unspecified atom stereocenters. The molecule has 0 saturated carbocycles. The maximum absolute atomic E-state index is 5.41. The van der Waals surface area contributed by atoms with Gasteiger partial charge in [0.1, 0.15) is 0 Å². The van der Waals surface area contributed by atoms with Crippen LogP contribution in [0.5, 0.6) is 0 Å². The molecule has 1 heterocycles. The van der Waals surface area contributed by atoms with Crippen molar-refractivity contribution in [1.82, 2.24) is 0 Å². The van der Waals surface area contributed by atoms with Gasteiger partial charge in [0.05, 0.1) is 6.61 Å². The zero-order valence-electron chi connectivity index (χ0n) is 6.46. The van der Waals surface area contributed by atoms with Gasteiger partial charge in [-0.1, -0.05) is 28.7 Å². The second-order valence-electron chi connectivity index (χ2n) is 2.49. The van der Waals surface area contributed by atoms with Gasteiger partial charge in [0.2, 0.25) is 0 Å². The van der Waals surface area contributed by atoms with Crippen LogP contribution < -0.4 is 0 Å². The van der Waals surface area contributed by atoms with E-state index in [0.717, 1.165) is 13.0 Å². The minimum absolute atomic E-state index is 0.0522. The van der Waals surface area contributed by atoms with Gasteiger partial charge in [-0.25, -0.2) is 0 Å². The summed E-state index contributed by atoms with van der Waals surface area (Å²) >= 11 is 2.18. The molecule has 0 N–H and O–H groups in total. The Morgan fingerprint density at radius 2 is 2.45 bits per heavy atom. The lowest BCUT2D eigenvalue weighted by Crippen LogP contribution is -2.22. The van der Waals surface area contributed by atoms with E-state index in [2.05, 4.69) is 22.6 Å². The quantitative estimate of drug-likeness (QED) is 0.732. The molecule has 0 amide bonds. The van der Waals surface area contributed by atoms with E-state index in [0.29, 0.717) is 6.61 Å². The monoisotopic (exact) mass is 268 g/mol. The van der Waals surface area contributed by atoms with Gasteiger partial charge in [-0.15, -0.1) is 0 Å². The van der Waals surface area contributed by atoms with E-state index in [-0.39, 0.29) is 6.29 Å².